The standard InChI is InChI=1S/C20H17ClFN3O3/c1-12-10-17(25-28-12)24-19(26)16(11-13-6-3-2-4-7-13)23-20(27)18-14(21)8-5-9-15(18)22/h2-10,16H,11H2,1H3,(H,23,27)(H,24,25,26). The summed E-state index contributed by atoms with van der Waals surface area (Å²) in [6, 6.07) is 13.6. The molecule has 0 aliphatic heterocycles. The highest BCUT2D eigenvalue weighted by Crippen LogP contribution is 2.19. The predicted molar refractivity (Wildman–Crippen MR) is 103 cm³/mol. The zero-order chi connectivity index (χ0) is 20.1. The average Bonchev–Trinajstić information content (AvgIpc) is 3.06. The van der Waals surface area contributed by atoms with E-state index in [1.165, 1.54) is 12.1 Å². The number of hydrogen-bond donors (Lipinski definition) is 2. The van der Waals surface area contributed by atoms with Gasteiger partial charge in [-0.05, 0) is 24.6 Å². The molecule has 2 amide bonds. The van der Waals surface area contributed by atoms with Crippen molar-refractivity contribution in [3.8, 4) is 0 Å². The van der Waals surface area contributed by atoms with Gasteiger partial charge in [0.1, 0.15) is 17.6 Å². The topological polar surface area (TPSA) is 84.2 Å². The first-order chi connectivity index (χ1) is 13.4. The van der Waals surface area contributed by atoms with Crippen molar-refractivity contribution in [3.05, 3.63) is 82.3 Å². The van der Waals surface area contributed by atoms with Crippen LogP contribution in [0.2, 0.25) is 5.02 Å². The molecule has 0 saturated heterocycles. The van der Waals surface area contributed by atoms with E-state index in [0.29, 0.717) is 5.76 Å². The van der Waals surface area contributed by atoms with Crippen LogP contribution in [0.15, 0.2) is 59.1 Å². The van der Waals surface area contributed by atoms with Crippen LogP contribution < -0.4 is 10.6 Å². The summed E-state index contributed by atoms with van der Waals surface area (Å²) >= 11 is 5.96. The number of rotatable bonds is 6. The van der Waals surface area contributed by atoms with Crippen LogP contribution in [0.4, 0.5) is 10.2 Å². The minimum Gasteiger partial charge on any atom is -0.360 e. The number of anilines is 1. The smallest absolute Gasteiger partial charge is 0.256 e. The number of aromatic nitrogens is 1. The van der Waals surface area contributed by atoms with Crippen molar-refractivity contribution in [3.63, 3.8) is 0 Å². The number of aryl methyl sites for hydroxylation is 1. The van der Waals surface area contributed by atoms with Crippen LogP contribution in [-0.4, -0.2) is 23.0 Å². The molecule has 3 aromatic rings. The Labute approximate surface area is 165 Å². The van der Waals surface area contributed by atoms with Crippen LogP contribution in [0.3, 0.4) is 0 Å². The Morgan fingerprint density at radius 3 is 2.57 bits per heavy atom. The van der Waals surface area contributed by atoms with E-state index in [9.17, 15) is 14.0 Å². The molecule has 1 aromatic heterocycles. The molecule has 6 nitrogen and oxygen atoms in total. The molecule has 0 fully saturated rings. The van der Waals surface area contributed by atoms with Crippen LogP contribution in [0.5, 0.6) is 0 Å². The number of nitrogens with one attached hydrogen (secondary N) is 2. The molecule has 28 heavy (non-hydrogen) atoms. The molecular formula is C20H17ClFN3O3. The molecule has 0 saturated carbocycles. The van der Waals surface area contributed by atoms with Crippen molar-refractivity contribution in [1.29, 1.82) is 0 Å². The van der Waals surface area contributed by atoms with Crippen molar-refractivity contribution >= 4 is 29.2 Å². The molecule has 2 N–H and O–H groups in total. The summed E-state index contributed by atoms with van der Waals surface area (Å²) in [6.45, 7) is 1.69. The molecule has 3 rings (SSSR count). The van der Waals surface area contributed by atoms with Crippen molar-refractivity contribution < 1.29 is 18.5 Å². The lowest BCUT2D eigenvalue weighted by atomic mass is 10.0. The normalized spacial score (nSPS) is 11.7. The van der Waals surface area contributed by atoms with Crippen LogP contribution in [0, 0.1) is 12.7 Å². The molecule has 0 aliphatic carbocycles. The number of hydrogen-bond acceptors (Lipinski definition) is 4. The fourth-order valence-corrected chi connectivity index (χ4v) is 2.89. The second-order valence-corrected chi connectivity index (χ2v) is 6.53. The van der Waals surface area contributed by atoms with E-state index in [1.54, 1.807) is 13.0 Å². The van der Waals surface area contributed by atoms with Crippen molar-refractivity contribution in [2.24, 2.45) is 0 Å². The summed E-state index contributed by atoms with van der Waals surface area (Å²) in [5.41, 5.74) is 0.506. The molecule has 1 unspecified atom stereocenters. The summed E-state index contributed by atoms with van der Waals surface area (Å²) in [6.07, 6.45) is 0.196. The van der Waals surface area contributed by atoms with E-state index in [-0.39, 0.29) is 22.8 Å². The summed E-state index contributed by atoms with van der Waals surface area (Å²) in [5.74, 6) is -1.32. The molecular weight excluding hydrogens is 385 g/mol. The quantitative estimate of drug-likeness (QED) is 0.658. The van der Waals surface area contributed by atoms with Gasteiger partial charge in [-0.1, -0.05) is 53.2 Å². The molecule has 0 bridgehead atoms. The molecule has 8 heteroatoms. The molecule has 144 valence electrons. The summed E-state index contributed by atoms with van der Waals surface area (Å²) in [7, 11) is 0. The first kappa shape index (κ1) is 19.6. The van der Waals surface area contributed by atoms with Crippen LogP contribution in [0.25, 0.3) is 0 Å². The van der Waals surface area contributed by atoms with Gasteiger partial charge in [0.05, 0.1) is 10.6 Å². The third-order valence-electron chi connectivity index (χ3n) is 3.97. The average molecular weight is 402 g/mol. The highest BCUT2D eigenvalue weighted by atomic mass is 35.5. The Bertz CT molecular complexity index is 971. The molecule has 1 heterocycles. The summed E-state index contributed by atoms with van der Waals surface area (Å²) < 4.78 is 19.0. The first-order valence-electron chi connectivity index (χ1n) is 8.47. The van der Waals surface area contributed by atoms with Gasteiger partial charge >= 0.3 is 0 Å². The number of amides is 2. The highest BCUT2D eigenvalue weighted by Gasteiger charge is 2.25. The van der Waals surface area contributed by atoms with Gasteiger partial charge in [0.2, 0.25) is 5.91 Å². The van der Waals surface area contributed by atoms with Gasteiger partial charge in [-0.25, -0.2) is 4.39 Å². The minimum atomic E-state index is -0.984. The van der Waals surface area contributed by atoms with Crippen molar-refractivity contribution in [1.82, 2.24) is 10.5 Å². The van der Waals surface area contributed by atoms with E-state index in [1.807, 2.05) is 30.3 Å². The van der Waals surface area contributed by atoms with Gasteiger partial charge < -0.3 is 15.2 Å². The van der Waals surface area contributed by atoms with Crippen molar-refractivity contribution in [2.75, 3.05) is 5.32 Å². The fourth-order valence-electron chi connectivity index (χ4n) is 2.64. The van der Waals surface area contributed by atoms with Gasteiger partial charge in [0.15, 0.2) is 5.82 Å². The molecule has 2 aromatic carbocycles. The Morgan fingerprint density at radius 1 is 1.18 bits per heavy atom. The Morgan fingerprint density at radius 2 is 1.93 bits per heavy atom. The van der Waals surface area contributed by atoms with Gasteiger partial charge in [-0.15, -0.1) is 0 Å². The molecule has 1 atom stereocenters. The highest BCUT2D eigenvalue weighted by molar-refractivity contribution is 6.33. The molecule has 0 radical (unpaired) electrons. The van der Waals surface area contributed by atoms with E-state index in [0.717, 1.165) is 11.6 Å². The summed E-state index contributed by atoms with van der Waals surface area (Å²) in [4.78, 5) is 25.3. The minimum absolute atomic E-state index is 0.0384. The number of halogens is 2. The monoisotopic (exact) mass is 401 g/mol. The SMILES string of the molecule is Cc1cc(NC(=O)C(Cc2ccccc2)NC(=O)c2c(F)cccc2Cl)no1. The lowest BCUT2D eigenvalue weighted by molar-refractivity contribution is -0.118. The second kappa shape index (κ2) is 8.67. The number of carbonyl (C=O) groups is 2. The zero-order valence-electron chi connectivity index (χ0n) is 14.9. The predicted octanol–water partition coefficient (Wildman–Crippen LogP) is 3.76. The van der Waals surface area contributed by atoms with Gasteiger partial charge in [-0.3, -0.25) is 9.59 Å². The van der Waals surface area contributed by atoms with E-state index in [2.05, 4.69) is 15.8 Å². The molecule has 0 aliphatic rings. The third-order valence-corrected chi connectivity index (χ3v) is 4.29. The van der Waals surface area contributed by atoms with E-state index in [4.69, 9.17) is 16.1 Å². The van der Waals surface area contributed by atoms with E-state index < -0.39 is 23.7 Å². The van der Waals surface area contributed by atoms with E-state index >= 15 is 0 Å². The lowest BCUT2D eigenvalue weighted by Gasteiger charge is -2.18. The summed E-state index contributed by atoms with van der Waals surface area (Å²) in [5, 5.41) is 8.81. The van der Waals surface area contributed by atoms with Gasteiger partial charge in [-0.2, -0.15) is 0 Å². The van der Waals surface area contributed by atoms with Crippen molar-refractivity contribution in [2.45, 2.75) is 19.4 Å². The maximum Gasteiger partial charge on any atom is 0.256 e. The van der Waals surface area contributed by atoms with Crippen LogP contribution in [0.1, 0.15) is 21.7 Å². The Hall–Kier alpha value is -3.19. The zero-order valence-corrected chi connectivity index (χ0v) is 15.7. The number of benzene rings is 2. The largest absolute Gasteiger partial charge is 0.360 e. The van der Waals surface area contributed by atoms with Crippen LogP contribution in [-0.2, 0) is 11.2 Å². The maximum absolute atomic E-state index is 14.1. The number of nitrogens with zero attached hydrogens (tertiary/aromatic N) is 1. The first-order valence-corrected chi connectivity index (χ1v) is 8.85. The maximum atomic E-state index is 14.1. The van der Waals surface area contributed by atoms with Crippen LogP contribution >= 0.6 is 11.6 Å². The Kier molecular flexibility index (Phi) is 6.06. The lowest BCUT2D eigenvalue weighted by Crippen LogP contribution is -2.45. The molecule has 0 spiro atoms. The van der Waals surface area contributed by atoms with Gasteiger partial charge in [0, 0.05) is 12.5 Å². The van der Waals surface area contributed by atoms with Gasteiger partial charge in [0.25, 0.3) is 5.91 Å². The Balaban J connectivity index is 1.83. The third kappa shape index (κ3) is 4.75. The second-order valence-electron chi connectivity index (χ2n) is 6.12. The number of carbonyl (C=O) groups excluding carboxylic acids is 2. The fraction of sp³-hybridized carbons (Fsp3) is 0.150.